The fraction of sp³-hybridized carbons (Fsp3) is 0.524. The minimum absolute atomic E-state index is 0.00915. The second kappa shape index (κ2) is 7.73. The van der Waals surface area contributed by atoms with E-state index in [1.54, 1.807) is 17.1 Å². The van der Waals surface area contributed by atoms with Crippen LogP contribution in [0.2, 0.25) is 0 Å². The summed E-state index contributed by atoms with van der Waals surface area (Å²) in [5, 5.41) is 4.23. The van der Waals surface area contributed by atoms with E-state index in [9.17, 15) is 9.59 Å². The van der Waals surface area contributed by atoms with Crippen molar-refractivity contribution >= 4 is 11.8 Å². The highest BCUT2D eigenvalue weighted by Gasteiger charge is 2.42. The summed E-state index contributed by atoms with van der Waals surface area (Å²) in [6, 6.07) is 3.90. The lowest BCUT2D eigenvalue weighted by atomic mass is 9.73. The van der Waals surface area contributed by atoms with Gasteiger partial charge in [0.1, 0.15) is 0 Å². The Balaban J connectivity index is 1.47. The summed E-state index contributed by atoms with van der Waals surface area (Å²) in [6.45, 7) is 5.54. The maximum Gasteiger partial charge on any atom is 0.257 e. The summed E-state index contributed by atoms with van der Waals surface area (Å²) in [4.78, 5) is 33.6. The Kier molecular flexibility index (Phi) is 5.15. The second-order valence-corrected chi connectivity index (χ2v) is 8.03. The molecule has 0 bridgehead atoms. The van der Waals surface area contributed by atoms with E-state index in [1.165, 1.54) is 0 Å². The molecule has 4 rings (SSSR count). The largest absolute Gasteiger partial charge is 0.338 e. The molecule has 0 unspecified atom stereocenters. The van der Waals surface area contributed by atoms with Gasteiger partial charge in [0.05, 0.1) is 11.8 Å². The van der Waals surface area contributed by atoms with Crippen molar-refractivity contribution in [2.75, 3.05) is 19.6 Å². The number of hydrogen-bond donors (Lipinski definition) is 0. The number of piperidine rings is 2. The van der Waals surface area contributed by atoms with Gasteiger partial charge < -0.3 is 9.80 Å². The molecule has 2 aliphatic rings. The van der Waals surface area contributed by atoms with Crippen molar-refractivity contribution in [3.63, 3.8) is 0 Å². The summed E-state index contributed by atoms with van der Waals surface area (Å²) >= 11 is 0. The topological polar surface area (TPSA) is 71.3 Å². The first kappa shape index (κ1) is 18.7. The van der Waals surface area contributed by atoms with E-state index in [4.69, 9.17) is 0 Å². The quantitative estimate of drug-likeness (QED) is 0.815. The van der Waals surface area contributed by atoms with E-state index in [1.807, 2.05) is 41.2 Å². The molecule has 7 nitrogen and oxygen atoms in total. The molecular weight excluding hydrogens is 354 g/mol. The molecular formula is C21H27N5O2. The van der Waals surface area contributed by atoms with Crippen LogP contribution in [0.15, 0.2) is 36.9 Å². The molecule has 7 heteroatoms. The maximum absolute atomic E-state index is 13.0. The molecule has 28 heavy (non-hydrogen) atoms. The average Bonchev–Trinajstić information content (AvgIpc) is 3.21. The summed E-state index contributed by atoms with van der Waals surface area (Å²) < 4.78 is 1.78. The third-order valence-electron chi connectivity index (χ3n) is 6.00. The lowest BCUT2D eigenvalue weighted by Crippen LogP contribution is -2.54. The zero-order valence-electron chi connectivity index (χ0n) is 16.4. The molecule has 2 saturated heterocycles. The van der Waals surface area contributed by atoms with Crippen LogP contribution in [0.1, 0.15) is 48.5 Å². The Labute approximate surface area is 165 Å². The van der Waals surface area contributed by atoms with Gasteiger partial charge in [0.2, 0.25) is 5.91 Å². The van der Waals surface area contributed by atoms with Crippen molar-refractivity contribution in [1.29, 1.82) is 0 Å². The molecule has 2 aromatic heterocycles. The Bertz CT molecular complexity index is 849. The first-order chi connectivity index (χ1) is 13.6. The Morgan fingerprint density at radius 2 is 2.14 bits per heavy atom. The van der Waals surface area contributed by atoms with E-state index in [2.05, 4.69) is 10.1 Å². The summed E-state index contributed by atoms with van der Waals surface area (Å²) in [6.07, 6.45) is 10.5. The average molecular weight is 381 g/mol. The molecule has 4 heterocycles. The molecule has 0 aliphatic carbocycles. The van der Waals surface area contributed by atoms with Crippen molar-refractivity contribution in [2.45, 2.75) is 45.7 Å². The first-order valence-corrected chi connectivity index (χ1v) is 10.1. The minimum Gasteiger partial charge on any atom is -0.338 e. The van der Waals surface area contributed by atoms with Gasteiger partial charge in [-0.3, -0.25) is 19.3 Å². The molecule has 0 N–H and O–H groups in total. The van der Waals surface area contributed by atoms with Gasteiger partial charge in [-0.05, 0) is 37.8 Å². The number of likely N-dealkylation sites (tertiary alicyclic amines) is 2. The van der Waals surface area contributed by atoms with E-state index in [0.717, 1.165) is 37.9 Å². The molecule has 1 spiro atoms. The van der Waals surface area contributed by atoms with Crippen LogP contribution in [0.3, 0.4) is 0 Å². The lowest BCUT2D eigenvalue weighted by molar-refractivity contribution is -0.139. The van der Waals surface area contributed by atoms with Crippen molar-refractivity contribution in [3.8, 4) is 0 Å². The Hall–Kier alpha value is -2.70. The van der Waals surface area contributed by atoms with E-state index < -0.39 is 0 Å². The molecule has 0 aromatic carbocycles. The summed E-state index contributed by atoms with van der Waals surface area (Å²) in [5.41, 5.74) is 1.69. The maximum atomic E-state index is 13.0. The standard InChI is InChI=1S/C21H27N5O2/c1-2-26-14-18(12-23-26)20(28)24-10-4-7-21(15-24)8-6-19(27)25(16-21)13-17-5-3-9-22-11-17/h3,5,9,11-12,14H,2,4,6-8,10,13,15-16H2,1H3/t21-/m1/s1. The van der Waals surface area contributed by atoms with Crippen molar-refractivity contribution in [2.24, 2.45) is 5.41 Å². The zero-order chi connectivity index (χ0) is 19.6. The number of carbonyl (C=O) groups excluding carboxylic acids is 2. The zero-order valence-corrected chi connectivity index (χ0v) is 16.4. The third-order valence-corrected chi connectivity index (χ3v) is 6.00. The van der Waals surface area contributed by atoms with Crippen molar-refractivity contribution < 1.29 is 9.59 Å². The van der Waals surface area contributed by atoms with Crippen LogP contribution in [0, 0.1) is 5.41 Å². The Morgan fingerprint density at radius 1 is 1.25 bits per heavy atom. The van der Waals surface area contributed by atoms with Gasteiger partial charge in [-0.15, -0.1) is 0 Å². The molecule has 0 radical (unpaired) electrons. The third kappa shape index (κ3) is 3.79. The van der Waals surface area contributed by atoms with Crippen LogP contribution in [0.5, 0.6) is 0 Å². The summed E-state index contributed by atoms with van der Waals surface area (Å²) in [7, 11) is 0. The van der Waals surface area contributed by atoms with Gasteiger partial charge in [0.25, 0.3) is 5.91 Å². The van der Waals surface area contributed by atoms with Crippen LogP contribution < -0.4 is 0 Å². The van der Waals surface area contributed by atoms with Crippen LogP contribution in [-0.4, -0.2) is 56.0 Å². The summed E-state index contributed by atoms with van der Waals surface area (Å²) in [5.74, 6) is 0.247. The fourth-order valence-electron chi connectivity index (χ4n) is 4.50. The first-order valence-electron chi connectivity index (χ1n) is 10.1. The smallest absolute Gasteiger partial charge is 0.257 e. The molecule has 2 aromatic rings. The highest BCUT2D eigenvalue weighted by molar-refractivity contribution is 5.93. The van der Waals surface area contributed by atoms with Gasteiger partial charge in [0.15, 0.2) is 0 Å². The number of amides is 2. The van der Waals surface area contributed by atoms with Crippen molar-refractivity contribution in [1.82, 2.24) is 24.6 Å². The molecule has 1 atom stereocenters. The van der Waals surface area contributed by atoms with Gasteiger partial charge >= 0.3 is 0 Å². The van der Waals surface area contributed by atoms with Gasteiger partial charge in [-0.2, -0.15) is 5.10 Å². The molecule has 2 fully saturated rings. The van der Waals surface area contributed by atoms with E-state index >= 15 is 0 Å². The second-order valence-electron chi connectivity index (χ2n) is 8.03. The monoisotopic (exact) mass is 381 g/mol. The van der Waals surface area contributed by atoms with E-state index in [0.29, 0.717) is 31.6 Å². The number of aromatic nitrogens is 3. The minimum atomic E-state index is -0.00915. The number of hydrogen-bond acceptors (Lipinski definition) is 4. The van der Waals surface area contributed by atoms with Gasteiger partial charge in [-0.25, -0.2) is 0 Å². The van der Waals surface area contributed by atoms with Crippen LogP contribution in [0.4, 0.5) is 0 Å². The SMILES string of the molecule is CCn1cc(C(=O)N2CCC[C@@]3(CCC(=O)N(Cc4cccnc4)C3)C2)cn1. The number of pyridine rings is 1. The molecule has 148 valence electrons. The van der Waals surface area contributed by atoms with Crippen LogP contribution >= 0.6 is 0 Å². The van der Waals surface area contributed by atoms with Gasteiger partial charge in [0, 0.05) is 63.2 Å². The number of carbonyl (C=O) groups is 2. The number of aryl methyl sites for hydroxylation is 1. The predicted octanol–water partition coefficient (Wildman–Crippen LogP) is 2.34. The Morgan fingerprint density at radius 3 is 2.89 bits per heavy atom. The van der Waals surface area contributed by atoms with Crippen molar-refractivity contribution in [3.05, 3.63) is 48.0 Å². The molecule has 0 saturated carbocycles. The van der Waals surface area contributed by atoms with Crippen LogP contribution in [0.25, 0.3) is 0 Å². The normalized spacial score (nSPS) is 22.7. The predicted molar refractivity (Wildman–Crippen MR) is 104 cm³/mol. The highest BCUT2D eigenvalue weighted by atomic mass is 16.2. The van der Waals surface area contributed by atoms with E-state index in [-0.39, 0.29) is 17.2 Å². The van der Waals surface area contributed by atoms with Crippen LogP contribution in [-0.2, 0) is 17.9 Å². The lowest BCUT2D eigenvalue weighted by Gasteiger charge is -2.48. The fourth-order valence-corrected chi connectivity index (χ4v) is 4.50. The molecule has 2 amide bonds. The number of nitrogens with zero attached hydrogens (tertiary/aromatic N) is 5. The molecule has 2 aliphatic heterocycles. The number of rotatable bonds is 4. The van der Waals surface area contributed by atoms with Gasteiger partial charge in [-0.1, -0.05) is 6.07 Å². The highest BCUT2D eigenvalue weighted by Crippen LogP contribution is 2.39.